The summed E-state index contributed by atoms with van der Waals surface area (Å²) in [6.07, 6.45) is -0.904. The molecule has 1 aromatic rings. The SMILES string of the molecule is O=C(O)C(O)C(O)c1cccc(N2CCCC2)c1. The van der Waals surface area contributed by atoms with E-state index >= 15 is 0 Å². The Morgan fingerprint density at radius 2 is 1.89 bits per heavy atom. The van der Waals surface area contributed by atoms with E-state index in [1.54, 1.807) is 18.2 Å². The second kappa shape index (κ2) is 5.37. The predicted octanol–water partition coefficient (Wildman–Crippen LogP) is 0.766. The van der Waals surface area contributed by atoms with Gasteiger partial charge in [0.2, 0.25) is 0 Å². The van der Waals surface area contributed by atoms with Gasteiger partial charge in [0.25, 0.3) is 0 Å². The summed E-state index contributed by atoms with van der Waals surface area (Å²) in [6, 6.07) is 7.05. The summed E-state index contributed by atoms with van der Waals surface area (Å²) in [5.41, 5.74) is 1.39. The van der Waals surface area contributed by atoms with E-state index in [0.717, 1.165) is 31.6 Å². The van der Waals surface area contributed by atoms with Crippen LogP contribution in [0.15, 0.2) is 24.3 Å². The Morgan fingerprint density at radius 3 is 2.50 bits per heavy atom. The molecule has 1 fully saturated rings. The number of carbonyl (C=O) groups is 1. The molecule has 2 rings (SSSR count). The van der Waals surface area contributed by atoms with Crippen molar-refractivity contribution in [2.75, 3.05) is 18.0 Å². The van der Waals surface area contributed by atoms with E-state index in [9.17, 15) is 15.0 Å². The van der Waals surface area contributed by atoms with Crippen molar-refractivity contribution in [1.82, 2.24) is 0 Å². The van der Waals surface area contributed by atoms with Gasteiger partial charge in [0.1, 0.15) is 6.10 Å². The van der Waals surface area contributed by atoms with Gasteiger partial charge >= 0.3 is 5.97 Å². The Hall–Kier alpha value is -1.59. The lowest BCUT2D eigenvalue weighted by atomic mass is 10.0. The van der Waals surface area contributed by atoms with Gasteiger partial charge in [-0.1, -0.05) is 12.1 Å². The van der Waals surface area contributed by atoms with Crippen LogP contribution in [0, 0.1) is 0 Å². The highest BCUT2D eigenvalue weighted by atomic mass is 16.4. The third kappa shape index (κ3) is 2.63. The second-order valence-electron chi connectivity index (χ2n) is 4.52. The van der Waals surface area contributed by atoms with Crippen LogP contribution in [0.25, 0.3) is 0 Å². The highest BCUT2D eigenvalue weighted by Crippen LogP contribution is 2.25. The maximum atomic E-state index is 10.6. The monoisotopic (exact) mass is 251 g/mol. The molecular weight excluding hydrogens is 234 g/mol. The van der Waals surface area contributed by atoms with Crippen LogP contribution in [-0.4, -0.2) is 40.5 Å². The van der Waals surface area contributed by atoms with Crippen LogP contribution in [0.5, 0.6) is 0 Å². The Kier molecular flexibility index (Phi) is 3.84. The fourth-order valence-corrected chi connectivity index (χ4v) is 2.20. The smallest absolute Gasteiger partial charge is 0.335 e. The Bertz CT molecular complexity index is 429. The lowest BCUT2D eigenvalue weighted by Crippen LogP contribution is -2.27. The average molecular weight is 251 g/mol. The molecule has 0 spiro atoms. The van der Waals surface area contributed by atoms with Gasteiger partial charge in [-0.2, -0.15) is 0 Å². The Morgan fingerprint density at radius 1 is 1.22 bits per heavy atom. The van der Waals surface area contributed by atoms with Gasteiger partial charge in [-0.25, -0.2) is 4.79 Å². The van der Waals surface area contributed by atoms with Gasteiger partial charge in [0, 0.05) is 18.8 Å². The van der Waals surface area contributed by atoms with Crippen molar-refractivity contribution in [1.29, 1.82) is 0 Å². The highest BCUT2D eigenvalue weighted by molar-refractivity contribution is 5.73. The van der Waals surface area contributed by atoms with Gasteiger partial charge in [-0.15, -0.1) is 0 Å². The van der Waals surface area contributed by atoms with Crippen molar-refractivity contribution in [3.63, 3.8) is 0 Å². The average Bonchev–Trinajstić information content (AvgIpc) is 2.91. The molecule has 98 valence electrons. The van der Waals surface area contributed by atoms with Crippen molar-refractivity contribution >= 4 is 11.7 Å². The topological polar surface area (TPSA) is 81.0 Å². The van der Waals surface area contributed by atoms with E-state index in [4.69, 9.17) is 5.11 Å². The molecular formula is C13H17NO4. The molecule has 0 aliphatic carbocycles. The van der Waals surface area contributed by atoms with E-state index in [-0.39, 0.29) is 0 Å². The molecule has 0 bridgehead atoms. The summed E-state index contributed by atoms with van der Waals surface area (Å²) in [6.45, 7) is 1.95. The Balaban J connectivity index is 2.18. The molecule has 1 aromatic carbocycles. The van der Waals surface area contributed by atoms with Crippen LogP contribution < -0.4 is 4.90 Å². The first-order valence-corrected chi connectivity index (χ1v) is 6.03. The molecule has 2 unspecified atom stereocenters. The number of aliphatic hydroxyl groups is 2. The number of hydrogen-bond acceptors (Lipinski definition) is 4. The van der Waals surface area contributed by atoms with Crippen LogP contribution in [0.2, 0.25) is 0 Å². The molecule has 2 atom stereocenters. The molecule has 5 heteroatoms. The number of carboxylic acids is 1. The number of anilines is 1. The lowest BCUT2D eigenvalue weighted by Gasteiger charge is -2.20. The minimum Gasteiger partial charge on any atom is -0.479 e. The normalized spacial score (nSPS) is 18.7. The van der Waals surface area contributed by atoms with Crippen LogP contribution in [0.1, 0.15) is 24.5 Å². The molecule has 0 saturated carbocycles. The summed E-state index contributed by atoms with van der Waals surface area (Å²) < 4.78 is 0. The molecule has 0 amide bonds. The summed E-state index contributed by atoms with van der Waals surface area (Å²) in [4.78, 5) is 12.8. The Labute approximate surface area is 105 Å². The summed E-state index contributed by atoms with van der Waals surface area (Å²) in [5, 5.41) is 27.8. The van der Waals surface area contributed by atoms with Crippen molar-refractivity contribution in [2.24, 2.45) is 0 Å². The fraction of sp³-hybridized carbons (Fsp3) is 0.462. The van der Waals surface area contributed by atoms with Crippen LogP contribution in [0.3, 0.4) is 0 Å². The molecule has 1 saturated heterocycles. The van der Waals surface area contributed by atoms with Gasteiger partial charge in [0.05, 0.1) is 0 Å². The number of nitrogens with zero attached hydrogens (tertiary/aromatic N) is 1. The molecule has 5 nitrogen and oxygen atoms in total. The highest BCUT2D eigenvalue weighted by Gasteiger charge is 2.25. The van der Waals surface area contributed by atoms with Crippen molar-refractivity contribution < 1.29 is 20.1 Å². The quantitative estimate of drug-likeness (QED) is 0.736. The molecule has 0 radical (unpaired) electrons. The van der Waals surface area contributed by atoms with E-state index in [0.29, 0.717) is 5.56 Å². The van der Waals surface area contributed by atoms with Crippen molar-refractivity contribution in [2.45, 2.75) is 25.0 Å². The largest absolute Gasteiger partial charge is 0.479 e. The van der Waals surface area contributed by atoms with E-state index in [1.165, 1.54) is 0 Å². The summed E-state index contributed by atoms with van der Waals surface area (Å²) >= 11 is 0. The van der Waals surface area contributed by atoms with Crippen molar-refractivity contribution in [3.05, 3.63) is 29.8 Å². The predicted molar refractivity (Wildman–Crippen MR) is 66.5 cm³/mol. The number of aliphatic hydroxyl groups excluding tert-OH is 2. The van der Waals surface area contributed by atoms with Crippen LogP contribution in [0.4, 0.5) is 5.69 Å². The minimum atomic E-state index is -1.79. The van der Waals surface area contributed by atoms with E-state index < -0.39 is 18.2 Å². The van der Waals surface area contributed by atoms with Crippen molar-refractivity contribution in [3.8, 4) is 0 Å². The number of benzene rings is 1. The maximum Gasteiger partial charge on any atom is 0.335 e. The van der Waals surface area contributed by atoms with Gasteiger partial charge in [-0.3, -0.25) is 0 Å². The zero-order chi connectivity index (χ0) is 13.1. The molecule has 1 aliphatic rings. The first-order valence-electron chi connectivity index (χ1n) is 6.03. The lowest BCUT2D eigenvalue weighted by molar-refractivity contribution is -0.153. The van der Waals surface area contributed by atoms with Crippen LogP contribution in [-0.2, 0) is 4.79 Å². The number of aliphatic carboxylic acids is 1. The zero-order valence-electron chi connectivity index (χ0n) is 9.99. The number of rotatable bonds is 4. The van der Waals surface area contributed by atoms with Gasteiger partial charge in [0.15, 0.2) is 6.10 Å². The third-order valence-corrected chi connectivity index (χ3v) is 3.24. The van der Waals surface area contributed by atoms with Crippen LogP contribution >= 0.6 is 0 Å². The maximum absolute atomic E-state index is 10.6. The molecule has 1 heterocycles. The fourth-order valence-electron chi connectivity index (χ4n) is 2.20. The molecule has 0 aromatic heterocycles. The first kappa shape index (κ1) is 12.9. The zero-order valence-corrected chi connectivity index (χ0v) is 9.99. The minimum absolute atomic E-state index is 0.425. The first-order chi connectivity index (χ1) is 8.59. The number of hydrogen-bond donors (Lipinski definition) is 3. The standard InChI is InChI=1S/C13H17NO4/c15-11(12(16)13(17)18)9-4-3-5-10(8-9)14-6-1-2-7-14/h3-5,8,11-12,15-16H,1-2,6-7H2,(H,17,18). The molecule has 3 N–H and O–H groups in total. The summed E-state index contributed by atoms with van der Waals surface area (Å²) in [5.74, 6) is -1.42. The molecule has 18 heavy (non-hydrogen) atoms. The van der Waals surface area contributed by atoms with E-state index in [1.807, 2.05) is 6.07 Å². The second-order valence-corrected chi connectivity index (χ2v) is 4.52. The van der Waals surface area contributed by atoms with Gasteiger partial charge in [-0.05, 0) is 30.5 Å². The number of carboxylic acid groups (broad SMARTS) is 1. The third-order valence-electron chi connectivity index (χ3n) is 3.24. The van der Waals surface area contributed by atoms with Gasteiger partial charge < -0.3 is 20.2 Å². The summed E-state index contributed by atoms with van der Waals surface area (Å²) in [7, 11) is 0. The van der Waals surface area contributed by atoms with E-state index in [2.05, 4.69) is 4.90 Å². The molecule has 1 aliphatic heterocycles.